The number of hydrogen-bond acceptors (Lipinski definition) is 6. The number of amides is 1. The first-order valence-electron chi connectivity index (χ1n) is 11.9. The van der Waals surface area contributed by atoms with Crippen LogP contribution in [-0.4, -0.2) is 29.5 Å². The van der Waals surface area contributed by atoms with Crippen molar-refractivity contribution in [1.82, 2.24) is 5.32 Å². The lowest BCUT2D eigenvalue weighted by molar-refractivity contribution is -0.532. The first-order chi connectivity index (χ1) is 17.8. The van der Waals surface area contributed by atoms with Crippen LogP contribution >= 0.6 is 15.9 Å². The highest BCUT2D eigenvalue weighted by molar-refractivity contribution is 9.10. The lowest BCUT2D eigenvalue weighted by Gasteiger charge is -2.26. The summed E-state index contributed by atoms with van der Waals surface area (Å²) in [5, 5.41) is 18.7. The Bertz CT molecular complexity index is 1390. The average molecular weight is 570 g/mol. The van der Waals surface area contributed by atoms with Gasteiger partial charge >= 0.3 is 0 Å². The van der Waals surface area contributed by atoms with E-state index >= 15 is 0 Å². The van der Waals surface area contributed by atoms with Gasteiger partial charge in [-0.25, -0.2) is 4.39 Å². The van der Waals surface area contributed by atoms with E-state index in [9.17, 15) is 19.3 Å². The van der Waals surface area contributed by atoms with Crippen LogP contribution in [-0.2, 0) is 16.9 Å². The van der Waals surface area contributed by atoms with E-state index in [-0.39, 0.29) is 17.3 Å². The van der Waals surface area contributed by atoms with Gasteiger partial charge in [0.15, 0.2) is 17.0 Å². The number of benzene rings is 3. The molecule has 1 fully saturated rings. The minimum atomic E-state index is -1.51. The topological polar surface area (TPSA) is 103 Å². The summed E-state index contributed by atoms with van der Waals surface area (Å²) in [6.45, 7) is 3.95. The molecule has 10 heteroatoms. The Morgan fingerprint density at radius 1 is 1.14 bits per heavy atom. The van der Waals surface area contributed by atoms with Crippen molar-refractivity contribution < 1.29 is 23.6 Å². The zero-order valence-electron chi connectivity index (χ0n) is 20.2. The number of halogens is 2. The van der Waals surface area contributed by atoms with Crippen molar-refractivity contribution in [2.75, 3.05) is 11.9 Å². The molecule has 192 valence electrons. The van der Waals surface area contributed by atoms with Crippen LogP contribution in [0.25, 0.3) is 0 Å². The van der Waals surface area contributed by atoms with Crippen LogP contribution in [0.2, 0.25) is 0 Å². The van der Waals surface area contributed by atoms with E-state index in [0.29, 0.717) is 45.0 Å². The summed E-state index contributed by atoms with van der Waals surface area (Å²) in [6.07, 6.45) is 0. The standard InChI is InChI=1S/C27H25BrFN3O5/c1-3-36-22-13-17(12-19(28)24(22)37-14-16-8-4-6-10-20(16)29)23-15(2)31-27(25(23)32(34)35)18-9-5-7-11-21(18)30-26(27)33/h4-13,15,23,25,31H,3,14H2,1-2H3,(H,30,33)/t15-,23-,25-,27-/m0/s1. The summed E-state index contributed by atoms with van der Waals surface area (Å²) in [6, 6.07) is 15.1. The zero-order valence-corrected chi connectivity index (χ0v) is 21.8. The maximum atomic E-state index is 14.1. The molecule has 0 saturated carbocycles. The molecular weight excluding hydrogens is 545 g/mol. The summed E-state index contributed by atoms with van der Waals surface area (Å²) < 4.78 is 26.4. The highest BCUT2D eigenvalue weighted by Crippen LogP contribution is 2.51. The lowest BCUT2D eigenvalue weighted by Crippen LogP contribution is -2.54. The molecule has 5 rings (SSSR count). The Balaban J connectivity index is 1.55. The van der Waals surface area contributed by atoms with Crippen LogP contribution in [0.5, 0.6) is 11.5 Å². The fourth-order valence-electron chi connectivity index (χ4n) is 5.50. The van der Waals surface area contributed by atoms with Crippen molar-refractivity contribution in [3.05, 3.63) is 97.8 Å². The Morgan fingerprint density at radius 3 is 2.59 bits per heavy atom. The van der Waals surface area contributed by atoms with Crippen molar-refractivity contribution >= 4 is 27.5 Å². The fraction of sp³-hybridized carbons (Fsp3) is 0.296. The average Bonchev–Trinajstić information content (AvgIpc) is 3.33. The molecule has 2 aliphatic heterocycles. The monoisotopic (exact) mass is 569 g/mol. The number of rotatable bonds is 7. The van der Waals surface area contributed by atoms with Crippen LogP contribution in [0.15, 0.2) is 65.1 Å². The lowest BCUT2D eigenvalue weighted by atomic mass is 9.78. The van der Waals surface area contributed by atoms with Gasteiger partial charge in [0.1, 0.15) is 12.4 Å². The van der Waals surface area contributed by atoms with Gasteiger partial charge in [-0.05, 0) is 59.6 Å². The van der Waals surface area contributed by atoms with Gasteiger partial charge in [0.25, 0.3) is 11.9 Å². The third-order valence-corrected chi connectivity index (χ3v) is 7.60. The second kappa shape index (κ2) is 9.75. The predicted octanol–water partition coefficient (Wildman–Crippen LogP) is 5.13. The van der Waals surface area contributed by atoms with Crippen LogP contribution in [0.3, 0.4) is 0 Å². The summed E-state index contributed by atoms with van der Waals surface area (Å²) in [7, 11) is 0. The number of nitro groups is 1. The van der Waals surface area contributed by atoms with Crippen LogP contribution in [0.4, 0.5) is 10.1 Å². The Morgan fingerprint density at radius 2 is 1.86 bits per heavy atom. The number of ether oxygens (including phenoxy) is 2. The van der Waals surface area contributed by atoms with Crippen molar-refractivity contribution in [2.24, 2.45) is 0 Å². The van der Waals surface area contributed by atoms with Crippen LogP contribution in [0.1, 0.15) is 36.5 Å². The summed E-state index contributed by atoms with van der Waals surface area (Å²) in [5.41, 5.74) is 0.612. The first kappa shape index (κ1) is 25.2. The van der Waals surface area contributed by atoms with Gasteiger partial charge in [0.2, 0.25) is 0 Å². The van der Waals surface area contributed by atoms with E-state index in [4.69, 9.17) is 9.47 Å². The Kier molecular flexibility index (Phi) is 6.63. The number of nitrogens with zero attached hydrogens (tertiary/aromatic N) is 1. The molecule has 1 amide bonds. The molecule has 2 N–H and O–H groups in total. The van der Waals surface area contributed by atoms with Crippen molar-refractivity contribution in [3.63, 3.8) is 0 Å². The van der Waals surface area contributed by atoms with Crippen molar-refractivity contribution in [1.29, 1.82) is 0 Å². The smallest absolute Gasteiger partial charge is 0.256 e. The number of carbonyl (C=O) groups is 1. The van der Waals surface area contributed by atoms with Gasteiger partial charge in [-0.2, -0.15) is 0 Å². The minimum Gasteiger partial charge on any atom is -0.490 e. The van der Waals surface area contributed by atoms with Crippen LogP contribution in [0, 0.1) is 15.9 Å². The molecule has 0 aromatic heterocycles. The number of para-hydroxylation sites is 1. The highest BCUT2D eigenvalue weighted by atomic mass is 79.9. The number of hydrogen-bond donors (Lipinski definition) is 2. The van der Waals surface area contributed by atoms with Gasteiger partial charge in [-0.3, -0.25) is 20.2 Å². The van der Waals surface area contributed by atoms with Crippen LogP contribution < -0.4 is 20.1 Å². The van der Waals surface area contributed by atoms with E-state index in [1.54, 1.807) is 54.6 Å². The zero-order chi connectivity index (χ0) is 26.3. The quantitative estimate of drug-likeness (QED) is 0.302. The predicted molar refractivity (Wildman–Crippen MR) is 139 cm³/mol. The third kappa shape index (κ3) is 4.14. The summed E-state index contributed by atoms with van der Waals surface area (Å²) in [4.78, 5) is 25.5. The Labute approximate surface area is 221 Å². The van der Waals surface area contributed by atoms with E-state index < -0.39 is 29.4 Å². The molecule has 1 spiro atoms. The van der Waals surface area contributed by atoms with E-state index in [1.807, 2.05) is 13.8 Å². The number of anilines is 1. The van der Waals surface area contributed by atoms with Gasteiger partial charge in [-0.1, -0.05) is 36.4 Å². The second-order valence-corrected chi connectivity index (χ2v) is 9.99. The maximum Gasteiger partial charge on any atom is 0.256 e. The van der Waals surface area contributed by atoms with Crippen molar-refractivity contribution in [2.45, 2.75) is 44.0 Å². The molecular formula is C27H25BrFN3O5. The summed E-state index contributed by atoms with van der Waals surface area (Å²) in [5.74, 6) is -0.756. The minimum absolute atomic E-state index is 0.0241. The van der Waals surface area contributed by atoms with Gasteiger partial charge < -0.3 is 14.8 Å². The number of carbonyl (C=O) groups excluding carboxylic acids is 1. The number of fused-ring (bicyclic) bond motifs is 2. The molecule has 3 aromatic rings. The van der Waals surface area contributed by atoms with E-state index in [0.717, 1.165) is 0 Å². The SMILES string of the molecule is CCOc1cc([C@@H]2[C@H](C)N[C@]3(C(=O)Nc4ccccc43)[C@H]2[N+](=O)[O-])cc(Br)c1OCc1ccccc1F. The first-order valence-corrected chi connectivity index (χ1v) is 12.7. The van der Waals surface area contributed by atoms with Gasteiger partial charge in [0.05, 0.1) is 17.0 Å². The number of nitrogens with one attached hydrogen (secondary N) is 2. The third-order valence-electron chi connectivity index (χ3n) is 7.01. The molecule has 0 radical (unpaired) electrons. The van der Waals surface area contributed by atoms with Crippen molar-refractivity contribution in [3.8, 4) is 11.5 Å². The highest BCUT2D eigenvalue weighted by Gasteiger charge is 2.67. The normalized spacial score (nSPS) is 24.1. The molecule has 4 atom stereocenters. The molecule has 2 aliphatic rings. The summed E-state index contributed by atoms with van der Waals surface area (Å²) >= 11 is 3.53. The van der Waals surface area contributed by atoms with E-state index in [2.05, 4.69) is 26.6 Å². The molecule has 0 bridgehead atoms. The van der Waals surface area contributed by atoms with E-state index in [1.165, 1.54) is 6.07 Å². The molecule has 8 nitrogen and oxygen atoms in total. The molecule has 1 saturated heterocycles. The maximum absolute atomic E-state index is 14.1. The molecule has 0 aliphatic carbocycles. The largest absolute Gasteiger partial charge is 0.490 e. The van der Waals surface area contributed by atoms with Gasteiger partial charge in [-0.15, -0.1) is 0 Å². The molecule has 3 aromatic carbocycles. The molecule has 37 heavy (non-hydrogen) atoms. The molecule has 2 heterocycles. The van der Waals surface area contributed by atoms with Gasteiger partial charge in [0, 0.05) is 27.8 Å². The second-order valence-electron chi connectivity index (χ2n) is 9.14. The fourth-order valence-corrected chi connectivity index (χ4v) is 6.08. The molecule has 0 unspecified atom stereocenters. The Hall–Kier alpha value is -3.50.